The van der Waals surface area contributed by atoms with Gasteiger partial charge in [0.25, 0.3) is 10.0 Å². The van der Waals surface area contributed by atoms with Gasteiger partial charge in [-0.1, -0.05) is 67.9 Å². The number of benzene rings is 3. The molecular formula is C30H36ClN3O5S. The topological polar surface area (TPSA) is 96.0 Å². The van der Waals surface area contributed by atoms with Crippen LogP contribution in [0.15, 0.2) is 77.7 Å². The van der Waals surface area contributed by atoms with Gasteiger partial charge in [0, 0.05) is 13.1 Å². The Balaban J connectivity index is 2.05. The summed E-state index contributed by atoms with van der Waals surface area (Å²) in [6, 6.07) is 19.1. The summed E-state index contributed by atoms with van der Waals surface area (Å²) >= 11 is 6.35. The Morgan fingerprint density at radius 1 is 0.975 bits per heavy atom. The maximum absolute atomic E-state index is 14.0. The molecule has 0 radical (unpaired) electrons. The fourth-order valence-corrected chi connectivity index (χ4v) is 5.74. The van der Waals surface area contributed by atoms with E-state index in [2.05, 4.69) is 5.32 Å². The van der Waals surface area contributed by atoms with Crippen LogP contribution in [-0.2, 0) is 26.2 Å². The van der Waals surface area contributed by atoms with Gasteiger partial charge in [-0.25, -0.2) is 8.42 Å². The Morgan fingerprint density at radius 2 is 1.62 bits per heavy atom. The highest BCUT2D eigenvalue weighted by Crippen LogP contribution is 2.32. The molecule has 3 rings (SSSR count). The lowest BCUT2D eigenvalue weighted by Gasteiger charge is -2.32. The second kappa shape index (κ2) is 13.7. The van der Waals surface area contributed by atoms with E-state index in [0.717, 1.165) is 15.4 Å². The van der Waals surface area contributed by atoms with E-state index in [-0.39, 0.29) is 34.0 Å². The molecule has 0 aliphatic carbocycles. The van der Waals surface area contributed by atoms with Crippen molar-refractivity contribution in [3.63, 3.8) is 0 Å². The molecule has 0 heterocycles. The van der Waals surface area contributed by atoms with Gasteiger partial charge in [0.2, 0.25) is 11.8 Å². The molecule has 3 aromatic carbocycles. The van der Waals surface area contributed by atoms with Crippen LogP contribution in [0.1, 0.15) is 31.9 Å². The second-order valence-corrected chi connectivity index (χ2v) is 12.2. The van der Waals surface area contributed by atoms with Crippen LogP contribution in [0.5, 0.6) is 5.75 Å². The minimum Gasteiger partial charge on any atom is -0.495 e. The van der Waals surface area contributed by atoms with Gasteiger partial charge in [0.15, 0.2) is 0 Å². The predicted octanol–water partition coefficient (Wildman–Crippen LogP) is 5.04. The van der Waals surface area contributed by atoms with Crippen LogP contribution in [0, 0.1) is 12.8 Å². The molecule has 0 fully saturated rings. The molecule has 0 aliphatic rings. The number of aryl methyl sites for hydroxylation is 1. The summed E-state index contributed by atoms with van der Waals surface area (Å²) in [4.78, 5) is 28.5. The van der Waals surface area contributed by atoms with E-state index in [0.29, 0.717) is 12.3 Å². The SMILES string of the molecule is COc1ccc(N(CC(=O)N(Cc2ccccc2C)[C@H](C)C(=O)NCC(C)C)S(=O)(=O)c2ccccc2)cc1Cl. The van der Waals surface area contributed by atoms with E-state index in [1.165, 1.54) is 36.3 Å². The second-order valence-electron chi connectivity index (χ2n) is 9.91. The zero-order chi connectivity index (χ0) is 29.4. The Labute approximate surface area is 241 Å². The Bertz CT molecular complexity index is 1430. The maximum Gasteiger partial charge on any atom is 0.264 e. The molecule has 10 heteroatoms. The number of sulfonamides is 1. The summed E-state index contributed by atoms with van der Waals surface area (Å²) in [7, 11) is -2.73. The minimum atomic E-state index is -4.18. The minimum absolute atomic E-state index is 0.0166. The summed E-state index contributed by atoms with van der Waals surface area (Å²) < 4.78 is 33.9. The number of carbonyl (C=O) groups is 2. The van der Waals surface area contributed by atoms with Gasteiger partial charge in [0.1, 0.15) is 18.3 Å². The van der Waals surface area contributed by atoms with Crippen LogP contribution < -0.4 is 14.4 Å². The van der Waals surface area contributed by atoms with Crippen molar-refractivity contribution in [2.45, 2.75) is 45.2 Å². The number of nitrogens with zero attached hydrogens (tertiary/aromatic N) is 2. The van der Waals surface area contributed by atoms with Gasteiger partial charge in [-0.3, -0.25) is 13.9 Å². The number of anilines is 1. The van der Waals surface area contributed by atoms with E-state index < -0.39 is 28.5 Å². The molecule has 3 aromatic rings. The lowest BCUT2D eigenvalue weighted by molar-refractivity contribution is -0.139. The number of rotatable bonds is 12. The summed E-state index contributed by atoms with van der Waals surface area (Å²) in [5.41, 5.74) is 1.99. The van der Waals surface area contributed by atoms with Crippen LogP contribution >= 0.6 is 11.6 Å². The molecule has 2 amide bonds. The van der Waals surface area contributed by atoms with Crippen molar-refractivity contribution in [3.8, 4) is 5.75 Å². The average Bonchev–Trinajstić information content (AvgIpc) is 2.94. The summed E-state index contributed by atoms with van der Waals surface area (Å²) in [5.74, 6) is -0.268. The monoisotopic (exact) mass is 585 g/mol. The molecule has 0 saturated carbocycles. The van der Waals surface area contributed by atoms with E-state index in [1.54, 1.807) is 31.2 Å². The molecule has 40 heavy (non-hydrogen) atoms. The molecule has 214 valence electrons. The van der Waals surface area contributed by atoms with Crippen molar-refractivity contribution >= 4 is 39.1 Å². The first kappa shape index (κ1) is 31.0. The van der Waals surface area contributed by atoms with Crippen molar-refractivity contribution in [2.24, 2.45) is 5.92 Å². The molecule has 0 bridgehead atoms. The van der Waals surface area contributed by atoms with E-state index in [4.69, 9.17) is 16.3 Å². The first-order valence-corrected chi connectivity index (χ1v) is 14.8. The third-order valence-electron chi connectivity index (χ3n) is 6.49. The fraction of sp³-hybridized carbons (Fsp3) is 0.333. The largest absolute Gasteiger partial charge is 0.495 e. The van der Waals surface area contributed by atoms with Crippen molar-refractivity contribution < 1.29 is 22.7 Å². The van der Waals surface area contributed by atoms with E-state index in [1.807, 2.05) is 45.0 Å². The zero-order valence-corrected chi connectivity index (χ0v) is 25.0. The maximum atomic E-state index is 14.0. The molecule has 0 unspecified atom stereocenters. The number of nitrogens with one attached hydrogen (secondary N) is 1. The smallest absolute Gasteiger partial charge is 0.264 e. The number of carbonyl (C=O) groups excluding carboxylic acids is 2. The molecule has 0 aromatic heterocycles. The van der Waals surface area contributed by atoms with Crippen molar-refractivity contribution in [3.05, 3.63) is 88.9 Å². The number of amides is 2. The number of methoxy groups -OCH3 is 1. The average molecular weight is 586 g/mol. The first-order chi connectivity index (χ1) is 18.9. The molecule has 1 atom stereocenters. The van der Waals surface area contributed by atoms with Crippen molar-refractivity contribution in [2.75, 3.05) is 24.5 Å². The molecule has 0 saturated heterocycles. The molecule has 8 nitrogen and oxygen atoms in total. The standard InChI is InChI=1S/C30H36ClN3O5S/c1-21(2)18-32-30(36)23(4)33(19-24-12-10-9-11-22(24)3)29(35)20-34(25-15-16-28(39-5)27(31)17-25)40(37,38)26-13-7-6-8-14-26/h6-17,21,23H,18-20H2,1-5H3,(H,32,36)/t23-/m1/s1. The quantitative estimate of drug-likeness (QED) is 0.321. The van der Waals surface area contributed by atoms with E-state index in [9.17, 15) is 18.0 Å². The molecular weight excluding hydrogens is 550 g/mol. The van der Waals surface area contributed by atoms with Gasteiger partial charge in [-0.2, -0.15) is 0 Å². The first-order valence-electron chi connectivity index (χ1n) is 13.0. The third-order valence-corrected chi connectivity index (χ3v) is 8.57. The predicted molar refractivity (Wildman–Crippen MR) is 158 cm³/mol. The number of hydrogen-bond acceptors (Lipinski definition) is 5. The highest BCUT2D eigenvalue weighted by atomic mass is 35.5. The summed E-state index contributed by atoms with van der Waals surface area (Å²) in [5, 5.41) is 3.08. The lowest BCUT2D eigenvalue weighted by atomic mass is 10.1. The Hall–Kier alpha value is -3.56. The van der Waals surface area contributed by atoms with Crippen LogP contribution in [0.2, 0.25) is 5.02 Å². The van der Waals surface area contributed by atoms with E-state index >= 15 is 0 Å². The van der Waals surface area contributed by atoms with Crippen LogP contribution in [0.25, 0.3) is 0 Å². The highest BCUT2D eigenvalue weighted by Gasteiger charge is 2.33. The molecule has 0 aliphatic heterocycles. The lowest BCUT2D eigenvalue weighted by Crippen LogP contribution is -2.51. The summed E-state index contributed by atoms with van der Waals surface area (Å²) in [6.07, 6.45) is 0. The van der Waals surface area contributed by atoms with Gasteiger partial charge in [-0.15, -0.1) is 0 Å². The normalized spacial score (nSPS) is 12.1. The highest BCUT2D eigenvalue weighted by molar-refractivity contribution is 7.92. The van der Waals surface area contributed by atoms with Crippen LogP contribution in [0.3, 0.4) is 0 Å². The summed E-state index contributed by atoms with van der Waals surface area (Å²) in [6.45, 7) is 7.56. The van der Waals surface area contributed by atoms with Crippen molar-refractivity contribution in [1.82, 2.24) is 10.2 Å². The molecule has 1 N–H and O–H groups in total. The third kappa shape index (κ3) is 7.55. The Morgan fingerprint density at radius 3 is 2.23 bits per heavy atom. The number of hydrogen-bond donors (Lipinski definition) is 1. The van der Waals surface area contributed by atoms with Crippen molar-refractivity contribution in [1.29, 1.82) is 0 Å². The van der Waals surface area contributed by atoms with Gasteiger partial charge >= 0.3 is 0 Å². The number of ether oxygens (including phenoxy) is 1. The molecule has 0 spiro atoms. The Kier molecular flexibility index (Phi) is 10.6. The zero-order valence-electron chi connectivity index (χ0n) is 23.4. The van der Waals surface area contributed by atoms with Crippen LogP contribution in [0.4, 0.5) is 5.69 Å². The van der Waals surface area contributed by atoms with Gasteiger partial charge in [-0.05, 0) is 61.2 Å². The van der Waals surface area contributed by atoms with Gasteiger partial charge in [0.05, 0.1) is 22.7 Å². The van der Waals surface area contributed by atoms with Gasteiger partial charge < -0.3 is 15.0 Å². The van der Waals surface area contributed by atoms with Crippen LogP contribution in [-0.4, -0.2) is 51.4 Å². The number of halogens is 1. The fourth-order valence-electron chi connectivity index (χ4n) is 4.06.